The van der Waals surface area contributed by atoms with Crippen molar-refractivity contribution in [2.24, 2.45) is 0 Å². The molecule has 3 nitrogen and oxygen atoms in total. The molecule has 0 atom stereocenters. The third-order valence-electron chi connectivity index (χ3n) is 1.67. The highest BCUT2D eigenvalue weighted by atomic mass is 16.3. The van der Waals surface area contributed by atoms with Crippen LogP contribution in [-0.4, -0.2) is 16.8 Å². The number of nitrogens with one attached hydrogen (secondary N) is 1. The second-order valence-corrected chi connectivity index (χ2v) is 2.73. The summed E-state index contributed by atoms with van der Waals surface area (Å²) in [5, 5.41) is 21.4. The van der Waals surface area contributed by atoms with Crippen molar-refractivity contribution in [1.82, 2.24) is 5.32 Å². The van der Waals surface area contributed by atoms with Crippen LogP contribution in [0.3, 0.4) is 0 Å². The summed E-state index contributed by atoms with van der Waals surface area (Å²) >= 11 is 0. The first-order chi connectivity index (χ1) is 6.24. The molecule has 0 heterocycles. The fraction of sp³-hybridized carbons (Fsp3) is 0.200. The molecule has 0 saturated heterocycles. The van der Waals surface area contributed by atoms with Crippen molar-refractivity contribution in [2.75, 3.05) is 6.54 Å². The molecule has 3 heteroatoms. The van der Waals surface area contributed by atoms with E-state index in [1.165, 1.54) is 6.07 Å². The van der Waals surface area contributed by atoms with Gasteiger partial charge >= 0.3 is 0 Å². The smallest absolute Gasteiger partial charge is 0.123 e. The van der Waals surface area contributed by atoms with Gasteiger partial charge in [0.25, 0.3) is 0 Å². The molecule has 1 rings (SSSR count). The topological polar surface area (TPSA) is 52.5 Å². The SMILES string of the molecule is C=CCNCc1ccc(O)cc1O. The minimum Gasteiger partial charge on any atom is -0.508 e. The summed E-state index contributed by atoms with van der Waals surface area (Å²) < 4.78 is 0. The van der Waals surface area contributed by atoms with Gasteiger partial charge in [-0.05, 0) is 6.07 Å². The molecule has 0 fully saturated rings. The molecule has 0 bridgehead atoms. The molecule has 13 heavy (non-hydrogen) atoms. The van der Waals surface area contributed by atoms with Gasteiger partial charge in [-0.2, -0.15) is 0 Å². The first kappa shape index (κ1) is 9.61. The summed E-state index contributed by atoms with van der Waals surface area (Å²) in [6, 6.07) is 4.55. The maximum absolute atomic E-state index is 9.36. The number of aromatic hydroxyl groups is 2. The zero-order valence-electron chi connectivity index (χ0n) is 7.33. The molecular weight excluding hydrogens is 166 g/mol. The van der Waals surface area contributed by atoms with Gasteiger partial charge in [0.1, 0.15) is 11.5 Å². The van der Waals surface area contributed by atoms with Crippen molar-refractivity contribution < 1.29 is 10.2 Å². The number of hydrogen-bond acceptors (Lipinski definition) is 3. The minimum atomic E-state index is 0.0740. The van der Waals surface area contributed by atoms with Crippen LogP contribution in [0.4, 0.5) is 0 Å². The molecule has 1 aromatic carbocycles. The van der Waals surface area contributed by atoms with Crippen LogP contribution in [0.2, 0.25) is 0 Å². The zero-order valence-corrected chi connectivity index (χ0v) is 7.33. The van der Waals surface area contributed by atoms with E-state index in [4.69, 9.17) is 5.11 Å². The largest absolute Gasteiger partial charge is 0.508 e. The third kappa shape index (κ3) is 2.80. The fourth-order valence-electron chi connectivity index (χ4n) is 1.01. The Morgan fingerprint density at radius 3 is 2.77 bits per heavy atom. The van der Waals surface area contributed by atoms with Gasteiger partial charge in [0.2, 0.25) is 0 Å². The lowest BCUT2D eigenvalue weighted by Gasteiger charge is -2.04. The standard InChI is InChI=1S/C10H13NO2/c1-2-5-11-7-8-3-4-9(12)6-10(8)13/h2-4,6,11-13H,1,5,7H2. The predicted octanol–water partition coefficient (Wildman–Crippen LogP) is 1.37. The number of phenolic OH excluding ortho intramolecular Hbond substituents is 2. The van der Waals surface area contributed by atoms with Crippen molar-refractivity contribution >= 4 is 0 Å². The van der Waals surface area contributed by atoms with E-state index >= 15 is 0 Å². The lowest BCUT2D eigenvalue weighted by molar-refractivity contribution is 0.444. The average molecular weight is 179 g/mol. The van der Waals surface area contributed by atoms with Gasteiger partial charge in [0.05, 0.1) is 0 Å². The van der Waals surface area contributed by atoms with E-state index in [9.17, 15) is 5.11 Å². The minimum absolute atomic E-state index is 0.0740. The van der Waals surface area contributed by atoms with Crippen LogP contribution in [0.1, 0.15) is 5.56 Å². The summed E-state index contributed by atoms with van der Waals surface area (Å²) in [6.45, 7) is 4.83. The van der Waals surface area contributed by atoms with Crippen molar-refractivity contribution in [3.05, 3.63) is 36.4 Å². The predicted molar refractivity (Wildman–Crippen MR) is 51.7 cm³/mol. The summed E-state index contributed by atoms with van der Waals surface area (Å²) in [7, 11) is 0. The molecule has 0 saturated carbocycles. The second-order valence-electron chi connectivity index (χ2n) is 2.73. The monoisotopic (exact) mass is 179 g/mol. The van der Waals surface area contributed by atoms with Crippen LogP contribution in [0, 0.1) is 0 Å². The Kier molecular flexibility index (Phi) is 3.34. The van der Waals surface area contributed by atoms with Crippen molar-refractivity contribution in [2.45, 2.75) is 6.54 Å². The van der Waals surface area contributed by atoms with Crippen molar-refractivity contribution in [1.29, 1.82) is 0 Å². The van der Waals surface area contributed by atoms with Crippen LogP contribution in [0.15, 0.2) is 30.9 Å². The van der Waals surface area contributed by atoms with Crippen molar-refractivity contribution in [3.8, 4) is 11.5 Å². The van der Waals surface area contributed by atoms with E-state index in [1.807, 2.05) is 0 Å². The first-order valence-corrected chi connectivity index (χ1v) is 4.06. The van der Waals surface area contributed by atoms with Crippen LogP contribution in [0.25, 0.3) is 0 Å². The maximum atomic E-state index is 9.36. The average Bonchev–Trinajstić information content (AvgIpc) is 2.09. The highest BCUT2D eigenvalue weighted by Gasteiger charge is 2.00. The Balaban J connectivity index is 2.61. The highest BCUT2D eigenvalue weighted by Crippen LogP contribution is 2.21. The number of rotatable bonds is 4. The quantitative estimate of drug-likeness (QED) is 0.483. The normalized spacial score (nSPS) is 9.85. The van der Waals surface area contributed by atoms with Gasteiger partial charge in [-0.1, -0.05) is 12.1 Å². The van der Waals surface area contributed by atoms with E-state index in [1.54, 1.807) is 18.2 Å². The third-order valence-corrected chi connectivity index (χ3v) is 1.67. The van der Waals surface area contributed by atoms with Gasteiger partial charge in [0.15, 0.2) is 0 Å². The summed E-state index contributed by atoms with van der Waals surface area (Å²) in [5.74, 6) is 0.182. The highest BCUT2D eigenvalue weighted by molar-refractivity contribution is 5.38. The van der Waals surface area contributed by atoms with Gasteiger partial charge in [-0.3, -0.25) is 0 Å². The lowest BCUT2D eigenvalue weighted by Crippen LogP contribution is -2.12. The molecular formula is C10H13NO2. The molecule has 0 amide bonds. The molecule has 0 radical (unpaired) electrons. The van der Waals surface area contributed by atoms with Crippen LogP contribution in [-0.2, 0) is 6.54 Å². The van der Waals surface area contributed by atoms with E-state index in [0.717, 1.165) is 5.56 Å². The summed E-state index contributed by atoms with van der Waals surface area (Å²) in [6.07, 6.45) is 1.75. The zero-order chi connectivity index (χ0) is 9.68. The fourth-order valence-corrected chi connectivity index (χ4v) is 1.01. The van der Waals surface area contributed by atoms with Gasteiger partial charge in [-0.15, -0.1) is 6.58 Å². The summed E-state index contributed by atoms with van der Waals surface area (Å²) in [4.78, 5) is 0. The number of benzene rings is 1. The molecule has 0 aliphatic heterocycles. The molecule has 70 valence electrons. The molecule has 3 N–H and O–H groups in total. The molecule has 0 aliphatic rings. The van der Waals surface area contributed by atoms with Crippen LogP contribution < -0.4 is 5.32 Å². The molecule has 0 aromatic heterocycles. The summed E-state index contributed by atoms with van der Waals surface area (Å²) in [5.41, 5.74) is 0.764. The Labute approximate surface area is 77.3 Å². The van der Waals surface area contributed by atoms with Gasteiger partial charge in [-0.25, -0.2) is 0 Å². The Bertz CT molecular complexity index is 297. The van der Waals surface area contributed by atoms with Crippen molar-refractivity contribution in [3.63, 3.8) is 0 Å². The molecule has 0 unspecified atom stereocenters. The van der Waals surface area contributed by atoms with E-state index in [-0.39, 0.29) is 11.5 Å². The maximum Gasteiger partial charge on any atom is 0.123 e. The number of hydrogen-bond donors (Lipinski definition) is 3. The van der Waals surface area contributed by atoms with E-state index in [0.29, 0.717) is 13.1 Å². The van der Waals surface area contributed by atoms with E-state index < -0.39 is 0 Å². The molecule has 0 aliphatic carbocycles. The Morgan fingerprint density at radius 1 is 1.38 bits per heavy atom. The lowest BCUT2D eigenvalue weighted by atomic mass is 10.2. The van der Waals surface area contributed by atoms with Gasteiger partial charge in [0, 0.05) is 24.7 Å². The second kappa shape index (κ2) is 4.52. The number of phenols is 2. The Hall–Kier alpha value is -1.48. The first-order valence-electron chi connectivity index (χ1n) is 4.06. The van der Waals surface area contributed by atoms with Gasteiger partial charge < -0.3 is 15.5 Å². The van der Waals surface area contributed by atoms with E-state index in [2.05, 4.69) is 11.9 Å². The Morgan fingerprint density at radius 2 is 2.15 bits per heavy atom. The van der Waals surface area contributed by atoms with Crippen LogP contribution >= 0.6 is 0 Å². The molecule has 1 aromatic rings. The van der Waals surface area contributed by atoms with Crippen LogP contribution in [0.5, 0.6) is 11.5 Å². The molecule has 0 spiro atoms.